The summed E-state index contributed by atoms with van der Waals surface area (Å²) in [5.41, 5.74) is 1.11. The van der Waals surface area contributed by atoms with Crippen molar-refractivity contribution in [2.24, 2.45) is 0 Å². The highest BCUT2D eigenvalue weighted by Crippen LogP contribution is 2.21. The number of carbonyl (C=O) groups is 1. The molecule has 1 amide bonds. The minimum atomic E-state index is -3.56. The van der Waals surface area contributed by atoms with Crippen LogP contribution in [0, 0.1) is 11.6 Å². The summed E-state index contributed by atoms with van der Waals surface area (Å²) in [5.74, 6) is -2.20. The summed E-state index contributed by atoms with van der Waals surface area (Å²) in [4.78, 5) is 14.2. The van der Waals surface area contributed by atoms with Crippen molar-refractivity contribution in [2.45, 2.75) is 24.7 Å². The Labute approximate surface area is 175 Å². The van der Waals surface area contributed by atoms with Gasteiger partial charge >= 0.3 is 0 Å². The van der Waals surface area contributed by atoms with E-state index < -0.39 is 21.7 Å². The quantitative estimate of drug-likeness (QED) is 0.667. The zero-order valence-electron chi connectivity index (χ0n) is 16.7. The molecule has 1 aliphatic heterocycles. The number of carbonyl (C=O) groups excluding carboxylic acids is 1. The summed E-state index contributed by atoms with van der Waals surface area (Å²) in [6.07, 6.45) is 0.555. The van der Waals surface area contributed by atoms with Crippen LogP contribution in [0.15, 0.2) is 47.4 Å². The number of rotatable bonds is 7. The van der Waals surface area contributed by atoms with Gasteiger partial charge in [0.25, 0.3) is 0 Å². The molecule has 1 aliphatic rings. The van der Waals surface area contributed by atoms with Crippen molar-refractivity contribution in [1.29, 1.82) is 0 Å². The Balaban J connectivity index is 1.63. The lowest BCUT2D eigenvalue weighted by Gasteiger charge is -2.26. The van der Waals surface area contributed by atoms with E-state index in [0.29, 0.717) is 45.0 Å². The van der Waals surface area contributed by atoms with Crippen molar-refractivity contribution >= 4 is 21.6 Å². The molecule has 2 aromatic rings. The minimum absolute atomic E-state index is 0.155. The first-order valence-electron chi connectivity index (χ1n) is 9.75. The number of anilines is 1. The fourth-order valence-electron chi connectivity index (χ4n) is 3.31. The number of ether oxygens (including phenoxy) is 1. The van der Waals surface area contributed by atoms with E-state index in [0.717, 1.165) is 17.7 Å². The molecule has 6 nitrogen and oxygen atoms in total. The second kappa shape index (κ2) is 9.63. The first kappa shape index (κ1) is 22.3. The summed E-state index contributed by atoms with van der Waals surface area (Å²) < 4.78 is 58.5. The summed E-state index contributed by atoms with van der Waals surface area (Å²) in [6.45, 7) is 3.49. The lowest BCUT2D eigenvalue weighted by atomic mass is 10.1. The van der Waals surface area contributed by atoms with Crippen molar-refractivity contribution in [3.8, 4) is 0 Å². The first-order valence-corrected chi connectivity index (χ1v) is 11.2. The van der Waals surface area contributed by atoms with Gasteiger partial charge in [0.05, 0.1) is 18.1 Å². The SMILES string of the molecule is CCN(C(=O)CCc1ccc(S(=O)(=O)N2CCOCC2)cc1)c1ccc(F)c(F)c1. The smallest absolute Gasteiger partial charge is 0.243 e. The van der Waals surface area contributed by atoms with Crippen LogP contribution in [0.5, 0.6) is 0 Å². The topological polar surface area (TPSA) is 66.9 Å². The number of morpholine rings is 1. The Morgan fingerprint density at radius 3 is 2.33 bits per heavy atom. The van der Waals surface area contributed by atoms with E-state index >= 15 is 0 Å². The van der Waals surface area contributed by atoms with Gasteiger partial charge in [-0.25, -0.2) is 17.2 Å². The third-order valence-corrected chi connectivity index (χ3v) is 6.90. The van der Waals surface area contributed by atoms with E-state index in [2.05, 4.69) is 0 Å². The molecule has 0 aromatic heterocycles. The molecule has 1 heterocycles. The average molecular weight is 438 g/mol. The van der Waals surface area contributed by atoms with Crippen LogP contribution in [0.25, 0.3) is 0 Å². The average Bonchev–Trinajstić information content (AvgIpc) is 2.76. The third-order valence-electron chi connectivity index (χ3n) is 4.99. The second-order valence-electron chi connectivity index (χ2n) is 6.90. The Bertz CT molecular complexity index is 991. The molecule has 0 spiro atoms. The molecule has 0 atom stereocenters. The van der Waals surface area contributed by atoms with Crippen molar-refractivity contribution in [3.05, 3.63) is 59.7 Å². The van der Waals surface area contributed by atoms with Gasteiger partial charge < -0.3 is 9.64 Å². The third kappa shape index (κ3) is 5.03. The lowest BCUT2D eigenvalue weighted by Crippen LogP contribution is -2.40. The van der Waals surface area contributed by atoms with Crippen LogP contribution in [-0.2, 0) is 26.0 Å². The van der Waals surface area contributed by atoms with E-state index in [1.54, 1.807) is 19.1 Å². The molecule has 3 rings (SSSR count). The normalized spacial score (nSPS) is 15.2. The minimum Gasteiger partial charge on any atom is -0.379 e. The molecule has 0 unspecified atom stereocenters. The monoisotopic (exact) mass is 438 g/mol. The highest BCUT2D eigenvalue weighted by Gasteiger charge is 2.26. The van der Waals surface area contributed by atoms with Crippen molar-refractivity contribution < 1.29 is 26.7 Å². The van der Waals surface area contributed by atoms with Gasteiger partial charge in [-0.15, -0.1) is 0 Å². The fraction of sp³-hybridized carbons (Fsp3) is 0.381. The molecular formula is C21H24F2N2O4S. The van der Waals surface area contributed by atoms with Crippen LogP contribution in [0.1, 0.15) is 18.9 Å². The van der Waals surface area contributed by atoms with Crippen LogP contribution in [0.3, 0.4) is 0 Å². The Kier molecular flexibility index (Phi) is 7.17. The van der Waals surface area contributed by atoms with Gasteiger partial charge in [-0.1, -0.05) is 12.1 Å². The molecule has 162 valence electrons. The number of aryl methyl sites for hydroxylation is 1. The number of hydrogen-bond acceptors (Lipinski definition) is 4. The molecule has 0 bridgehead atoms. The zero-order chi connectivity index (χ0) is 21.7. The summed E-state index contributed by atoms with van der Waals surface area (Å²) in [5, 5.41) is 0. The van der Waals surface area contributed by atoms with Crippen LogP contribution >= 0.6 is 0 Å². The summed E-state index contributed by atoms with van der Waals surface area (Å²) >= 11 is 0. The van der Waals surface area contributed by atoms with Crippen LogP contribution in [0.2, 0.25) is 0 Å². The molecule has 30 heavy (non-hydrogen) atoms. The molecule has 0 radical (unpaired) electrons. The maximum absolute atomic E-state index is 13.5. The maximum Gasteiger partial charge on any atom is 0.243 e. The molecule has 0 N–H and O–H groups in total. The number of benzene rings is 2. The number of nitrogens with zero attached hydrogens (tertiary/aromatic N) is 2. The van der Waals surface area contributed by atoms with Crippen LogP contribution in [-0.4, -0.2) is 51.5 Å². The Hall–Kier alpha value is -2.36. The Morgan fingerprint density at radius 1 is 1.07 bits per heavy atom. The van der Waals surface area contributed by atoms with E-state index in [4.69, 9.17) is 4.74 Å². The molecule has 2 aromatic carbocycles. The summed E-state index contributed by atoms with van der Waals surface area (Å²) in [6, 6.07) is 9.82. The van der Waals surface area contributed by atoms with Gasteiger partial charge in [0, 0.05) is 37.8 Å². The zero-order valence-corrected chi connectivity index (χ0v) is 17.5. The number of amides is 1. The van der Waals surface area contributed by atoms with Crippen LogP contribution in [0.4, 0.5) is 14.5 Å². The van der Waals surface area contributed by atoms with Gasteiger partial charge in [-0.2, -0.15) is 4.31 Å². The van der Waals surface area contributed by atoms with E-state index in [1.165, 1.54) is 27.4 Å². The predicted molar refractivity (Wildman–Crippen MR) is 109 cm³/mol. The molecule has 0 aliphatic carbocycles. The second-order valence-corrected chi connectivity index (χ2v) is 8.83. The number of halogens is 2. The predicted octanol–water partition coefficient (Wildman–Crippen LogP) is 2.97. The highest BCUT2D eigenvalue weighted by atomic mass is 32.2. The number of hydrogen-bond donors (Lipinski definition) is 0. The fourth-order valence-corrected chi connectivity index (χ4v) is 4.71. The van der Waals surface area contributed by atoms with Crippen LogP contribution < -0.4 is 4.90 Å². The van der Waals surface area contributed by atoms with Gasteiger partial charge in [0.15, 0.2) is 11.6 Å². The molecule has 1 saturated heterocycles. The van der Waals surface area contributed by atoms with Crippen molar-refractivity contribution in [2.75, 3.05) is 37.7 Å². The molecule has 1 fully saturated rings. The largest absolute Gasteiger partial charge is 0.379 e. The van der Waals surface area contributed by atoms with E-state index in [-0.39, 0.29) is 17.2 Å². The van der Waals surface area contributed by atoms with Gasteiger partial charge in [-0.05, 0) is 43.2 Å². The van der Waals surface area contributed by atoms with Gasteiger partial charge in [0.2, 0.25) is 15.9 Å². The number of sulfonamides is 1. The van der Waals surface area contributed by atoms with Crippen molar-refractivity contribution in [1.82, 2.24) is 4.31 Å². The maximum atomic E-state index is 13.5. The summed E-state index contributed by atoms with van der Waals surface area (Å²) in [7, 11) is -3.56. The first-order chi connectivity index (χ1) is 14.3. The van der Waals surface area contributed by atoms with E-state index in [1.807, 2.05) is 0 Å². The lowest BCUT2D eigenvalue weighted by molar-refractivity contribution is -0.118. The molecule has 0 saturated carbocycles. The molecule has 9 heteroatoms. The molecular weight excluding hydrogens is 414 g/mol. The van der Waals surface area contributed by atoms with Crippen molar-refractivity contribution in [3.63, 3.8) is 0 Å². The Morgan fingerprint density at radius 2 is 1.73 bits per heavy atom. The standard InChI is InChI=1S/C21H24F2N2O4S/c1-2-25(17-6-9-19(22)20(23)15-17)21(26)10-5-16-3-7-18(8-4-16)30(27,28)24-11-13-29-14-12-24/h3-4,6-9,15H,2,5,10-14H2,1H3. The highest BCUT2D eigenvalue weighted by molar-refractivity contribution is 7.89. The van der Waals surface area contributed by atoms with E-state index in [9.17, 15) is 22.0 Å². The van der Waals surface area contributed by atoms with Gasteiger partial charge in [0.1, 0.15) is 0 Å². The van der Waals surface area contributed by atoms with Gasteiger partial charge in [-0.3, -0.25) is 4.79 Å².